The van der Waals surface area contributed by atoms with Gasteiger partial charge in [0, 0.05) is 0 Å². The fourth-order valence-electron chi connectivity index (χ4n) is 8.30. The zero-order valence-electron chi connectivity index (χ0n) is 27.3. The molecule has 43 heavy (non-hydrogen) atoms. The van der Waals surface area contributed by atoms with Gasteiger partial charge in [0.2, 0.25) is 0 Å². The molecule has 0 saturated heterocycles. The third kappa shape index (κ3) is 8.11. The van der Waals surface area contributed by atoms with Crippen molar-refractivity contribution in [2.45, 2.75) is 115 Å². The van der Waals surface area contributed by atoms with Gasteiger partial charge in [0.1, 0.15) is 0 Å². The summed E-state index contributed by atoms with van der Waals surface area (Å²) in [6.45, 7) is 5.07. The topological polar surface area (TPSA) is 0 Å². The van der Waals surface area contributed by atoms with Crippen molar-refractivity contribution in [3.05, 3.63) is 113 Å². The van der Waals surface area contributed by atoms with Gasteiger partial charge in [-0.15, -0.1) is 0 Å². The Hall–Kier alpha value is -1.74. The van der Waals surface area contributed by atoms with E-state index in [1.807, 2.05) is 15.9 Å². The standard InChI is InChI=1S/C41H58P2/c1-36-24-20-21-33-41(36,2)42(37-25-12-8-13-26-37)34-22-6-4-3-5-7-23-35-43(38-27-14-9-15-28-38,39-29-16-10-17-30-39)40-31-18-11-19-32-40/h8-14,16,18,20,24-27,29,31,36,43H,3-7,15,17,19,21-23,28,30,32-35H2,1-2H3. The van der Waals surface area contributed by atoms with Crippen molar-refractivity contribution in [2.75, 3.05) is 12.3 Å². The number of hydrogen-bond donors (Lipinski definition) is 0. The van der Waals surface area contributed by atoms with Crippen LogP contribution in [-0.2, 0) is 0 Å². The van der Waals surface area contributed by atoms with E-state index in [4.69, 9.17) is 0 Å². The van der Waals surface area contributed by atoms with E-state index in [1.165, 1.54) is 109 Å². The van der Waals surface area contributed by atoms with Gasteiger partial charge in [-0.25, -0.2) is 0 Å². The second kappa shape index (κ2) is 16.5. The number of benzene rings is 1. The normalized spacial score (nSPS) is 24.8. The van der Waals surface area contributed by atoms with Crippen LogP contribution in [0.2, 0.25) is 0 Å². The summed E-state index contributed by atoms with van der Waals surface area (Å²) in [4.78, 5) is 0. The Balaban J connectivity index is 1.13. The summed E-state index contributed by atoms with van der Waals surface area (Å²) in [6.07, 6.45) is 49.6. The van der Waals surface area contributed by atoms with Crippen LogP contribution >= 0.6 is 15.2 Å². The number of hydrogen-bond acceptors (Lipinski definition) is 0. The minimum Gasteiger partial charge on any atom is -0.0622 e. The molecule has 0 bridgehead atoms. The molecule has 3 unspecified atom stereocenters. The molecule has 0 saturated carbocycles. The maximum absolute atomic E-state index is 2.60. The van der Waals surface area contributed by atoms with E-state index >= 15 is 0 Å². The van der Waals surface area contributed by atoms with Gasteiger partial charge < -0.3 is 0 Å². The molecule has 3 atom stereocenters. The summed E-state index contributed by atoms with van der Waals surface area (Å²) in [7, 11) is -1.96. The molecule has 2 heteroatoms. The molecule has 1 aromatic carbocycles. The average molecular weight is 613 g/mol. The minimum atomic E-state index is -1.82. The Bertz CT molecular complexity index is 1160. The molecule has 0 nitrogen and oxygen atoms in total. The summed E-state index contributed by atoms with van der Waals surface area (Å²) < 4.78 is 0. The summed E-state index contributed by atoms with van der Waals surface area (Å²) in [5, 5.41) is 7.54. The molecule has 0 aromatic heterocycles. The smallest absolute Gasteiger partial charge is 0.0622 e. The van der Waals surface area contributed by atoms with Gasteiger partial charge in [0.15, 0.2) is 0 Å². The van der Waals surface area contributed by atoms with E-state index in [0.29, 0.717) is 11.1 Å². The van der Waals surface area contributed by atoms with Gasteiger partial charge in [0.25, 0.3) is 0 Å². The van der Waals surface area contributed by atoms with E-state index in [1.54, 1.807) is 5.30 Å². The fraction of sp³-hybridized carbons (Fsp3) is 0.512. The van der Waals surface area contributed by atoms with Crippen LogP contribution in [0.25, 0.3) is 0 Å². The third-order valence-corrected chi connectivity index (χ3v) is 20.2. The summed E-state index contributed by atoms with van der Waals surface area (Å²) in [5.41, 5.74) is 0. The molecule has 0 radical (unpaired) electrons. The summed E-state index contributed by atoms with van der Waals surface area (Å²) in [5.74, 6) is 0.685. The molecule has 0 heterocycles. The van der Waals surface area contributed by atoms with Crippen LogP contribution in [0.5, 0.6) is 0 Å². The van der Waals surface area contributed by atoms with Crippen LogP contribution in [0.4, 0.5) is 0 Å². The molecule has 0 aliphatic heterocycles. The number of rotatable bonds is 15. The molecular weight excluding hydrogens is 554 g/mol. The minimum absolute atomic E-state index is 0.135. The van der Waals surface area contributed by atoms with Crippen LogP contribution in [0, 0.1) is 5.92 Å². The van der Waals surface area contributed by atoms with Gasteiger partial charge in [-0.05, 0) is 6.42 Å². The van der Waals surface area contributed by atoms with Crippen molar-refractivity contribution in [2.24, 2.45) is 5.92 Å². The average Bonchev–Trinajstić information content (AvgIpc) is 3.07. The summed E-state index contributed by atoms with van der Waals surface area (Å²) in [6, 6.07) is 11.6. The predicted molar refractivity (Wildman–Crippen MR) is 199 cm³/mol. The van der Waals surface area contributed by atoms with Crippen LogP contribution < -0.4 is 5.30 Å². The SMILES string of the molecule is CC1C=CCCC1(C)P(CCCCCCCCC[PH](C1=CC=CCC1)(C1=CC=CCC1)C1=CC=CCC1)c1ccccc1. The predicted octanol–water partition coefficient (Wildman–Crippen LogP) is 12.7. The summed E-state index contributed by atoms with van der Waals surface area (Å²) >= 11 is 0. The van der Waals surface area contributed by atoms with Crippen LogP contribution in [0.1, 0.15) is 110 Å². The molecule has 5 rings (SSSR count). The van der Waals surface area contributed by atoms with Crippen molar-refractivity contribution in [3.63, 3.8) is 0 Å². The molecular formula is C41H58P2. The number of unbranched alkanes of at least 4 members (excludes halogenated alkanes) is 6. The molecule has 0 amide bonds. The zero-order valence-corrected chi connectivity index (χ0v) is 29.2. The van der Waals surface area contributed by atoms with Crippen molar-refractivity contribution < 1.29 is 0 Å². The second-order valence-corrected chi connectivity index (χ2v) is 20.8. The number of allylic oxidation sites excluding steroid dienone is 14. The Kier molecular flexibility index (Phi) is 12.6. The first-order valence-electron chi connectivity index (χ1n) is 17.7. The van der Waals surface area contributed by atoms with Gasteiger partial charge in [0.05, 0.1) is 0 Å². The monoisotopic (exact) mass is 612 g/mol. The fourth-order valence-corrected chi connectivity index (χ4v) is 17.5. The van der Waals surface area contributed by atoms with Crippen LogP contribution in [0.15, 0.2) is 113 Å². The molecule has 4 aliphatic rings. The maximum atomic E-state index is 2.60. The quantitative estimate of drug-likeness (QED) is 0.105. The third-order valence-electron chi connectivity index (χ3n) is 11.0. The van der Waals surface area contributed by atoms with Gasteiger partial charge >= 0.3 is 223 Å². The van der Waals surface area contributed by atoms with E-state index in [-0.39, 0.29) is 7.92 Å². The second-order valence-electron chi connectivity index (χ2n) is 13.7. The first-order valence-corrected chi connectivity index (χ1v) is 21.5. The van der Waals surface area contributed by atoms with Gasteiger partial charge in [-0.3, -0.25) is 0 Å². The van der Waals surface area contributed by atoms with Crippen molar-refractivity contribution in [1.82, 2.24) is 0 Å². The Morgan fingerprint density at radius 1 is 0.674 bits per heavy atom. The Labute approximate surface area is 266 Å². The van der Waals surface area contributed by atoms with E-state index < -0.39 is 7.26 Å². The van der Waals surface area contributed by atoms with Crippen LogP contribution in [-0.4, -0.2) is 17.5 Å². The van der Waals surface area contributed by atoms with Crippen LogP contribution in [0.3, 0.4) is 0 Å². The molecule has 0 N–H and O–H groups in total. The Morgan fingerprint density at radius 2 is 1.21 bits per heavy atom. The van der Waals surface area contributed by atoms with E-state index in [9.17, 15) is 0 Å². The first-order chi connectivity index (χ1) is 21.1. The molecule has 4 aliphatic carbocycles. The van der Waals surface area contributed by atoms with E-state index in [0.717, 1.165) is 0 Å². The first kappa shape index (κ1) is 32.6. The van der Waals surface area contributed by atoms with Crippen molar-refractivity contribution in [1.29, 1.82) is 0 Å². The van der Waals surface area contributed by atoms with Gasteiger partial charge in [-0.2, -0.15) is 0 Å². The van der Waals surface area contributed by atoms with Crippen molar-refractivity contribution in [3.8, 4) is 0 Å². The molecule has 0 fully saturated rings. The van der Waals surface area contributed by atoms with Gasteiger partial charge in [-0.1, -0.05) is 37.3 Å². The molecule has 232 valence electrons. The Morgan fingerprint density at radius 3 is 1.72 bits per heavy atom. The van der Waals surface area contributed by atoms with Crippen molar-refractivity contribution >= 4 is 20.5 Å². The zero-order chi connectivity index (χ0) is 29.8. The molecule has 1 aromatic rings. The van der Waals surface area contributed by atoms with E-state index in [2.05, 4.69) is 111 Å². The molecule has 0 spiro atoms.